The molecule has 1 aliphatic heterocycles. The van der Waals surface area contributed by atoms with Crippen molar-refractivity contribution in [3.8, 4) is 16.9 Å². The lowest BCUT2D eigenvalue weighted by Crippen LogP contribution is -2.47. The lowest BCUT2D eigenvalue weighted by atomic mass is 10.0. The number of nitrogens with zero attached hydrogens (tertiary/aromatic N) is 2. The van der Waals surface area contributed by atoms with E-state index in [2.05, 4.69) is 60.0 Å². The number of carbonyl (C=O) groups is 1. The van der Waals surface area contributed by atoms with Gasteiger partial charge in [-0.3, -0.25) is 14.4 Å². The molecule has 236 valence electrons. The standard InChI is InChI=1S/C36H41N3O5S/c1-26-22-39(27(2)25-40)36(41)21-31-20-32(37-45(42,43)33-12-8-5-9-13-33)18-19-34(31)44-35(26)24-38(3)23-28-14-16-30(17-15-28)29-10-6-4-7-11-29/h4-20,26-27,35,37,40H,21-25H2,1-3H3/t26-,27-,35+/m1/s1. The van der Waals surface area contributed by atoms with Crippen LogP contribution in [0.1, 0.15) is 25.0 Å². The van der Waals surface area contributed by atoms with Crippen LogP contribution >= 0.6 is 0 Å². The highest BCUT2D eigenvalue weighted by Gasteiger charge is 2.31. The van der Waals surface area contributed by atoms with Crippen molar-refractivity contribution < 1.29 is 23.1 Å². The number of hydrogen-bond donors (Lipinski definition) is 2. The normalized spacial score (nSPS) is 17.9. The molecule has 1 aliphatic rings. The number of aliphatic hydroxyl groups is 1. The van der Waals surface area contributed by atoms with Gasteiger partial charge in [-0.15, -0.1) is 0 Å². The van der Waals surface area contributed by atoms with Crippen molar-refractivity contribution in [2.24, 2.45) is 5.92 Å². The Labute approximate surface area is 266 Å². The van der Waals surface area contributed by atoms with E-state index in [0.29, 0.717) is 36.6 Å². The highest BCUT2D eigenvalue weighted by atomic mass is 32.2. The van der Waals surface area contributed by atoms with Gasteiger partial charge in [0, 0.05) is 36.8 Å². The molecule has 2 N–H and O–H groups in total. The summed E-state index contributed by atoms with van der Waals surface area (Å²) in [6, 6.07) is 31.7. The Morgan fingerprint density at radius 1 is 0.956 bits per heavy atom. The van der Waals surface area contributed by atoms with E-state index in [4.69, 9.17) is 4.74 Å². The molecule has 1 amide bonds. The number of nitrogens with one attached hydrogen (secondary N) is 1. The molecule has 9 heteroatoms. The molecule has 0 aromatic heterocycles. The van der Waals surface area contributed by atoms with Crippen molar-refractivity contribution in [1.29, 1.82) is 0 Å². The van der Waals surface area contributed by atoms with Crippen LogP contribution in [0.2, 0.25) is 0 Å². The molecule has 4 aromatic carbocycles. The second-order valence-electron chi connectivity index (χ2n) is 11.9. The minimum atomic E-state index is -3.81. The first-order valence-electron chi connectivity index (χ1n) is 15.2. The van der Waals surface area contributed by atoms with Crippen molar-refractivity contribution >= 4 is 21.6 Å². The second-order valence-corrected chi connectivity index (χ2v) is 13.6. The van der Waals surface area contributed by atoms with Crippen LogP contribution < -0.4 is 9.46 Å². The van der Waals surface area contributed by atoms with Crippen LogP contribution in [0.4, 0.5) is 5.69 Å². The molecule has 0 saturated heterocycles. The molecule has 0 unspecified atom stereocenters. The topological polar surface area (TPSA) is 99.2 Å². The summed E-state index contributed by atoms with van der Waals surface area (Å²) in [5.41, 5.74) is 4.45. The Hall–Kier alpha value is -4.18. The van der Waals surface area contributed by atoms with Gasteiger partial charge in [0.05, 0.1) is 24.0 Å². The zero-order valence-electron chi connectivity index (χ0n) is 26.0. The second kappa shape index (κ2) is 14.3. The van der Waals surface area contributed by atoms with Gasteiger partial charge < -0.3 is 14.7 Å². The number of aliphatic hydroxyl groups excluding tert-OH is 1. The fraction of sp³-hybridized carbons (Fsp3) is 0.306. The van der Waals surface area contributed by atoms with Crippen LogP contribution in [-0.4, -0.2) is 68.1 Å². The number of ether oxygens (including phenoxy) is 1. The molecule has 4 aromatic rings. The monoisotopic (exact) mass is 627 g/mol. The molecule has 8 nitrogen and oxygen atoms in total. The van der Waals surface area contributed by atoms with Gasteiger partial charge in [0.2, 0.25) is 5.91 Å². The number of benzene rings is 4. The van der Waals surface area contributed by atoms with Gasteiger partial charge in [-0.1, -0.05) is 79.7 Å². The molecule has 1 heterocycles. The zero-order chi connectivity index (χ0) is 32.0. The Kier molecular flexibility index (Phi) is 10.2. The summed E-state index contributed by atoms with van der Waals surface area (Å²) in [5, 5.41) is 9.96. The molecule has 0 aliphatic carbocycles. The first-order chi connectivity index (χ1) is 21.6. The minimum absolute atomic E-state index is 0.0175. The van der Waals surface area contributed by atoms with Crippen molar-refractivity contribution in [2.75, 3.05) is 31.5 Å². The number of amides is 1. The van der Waals surface area contributed by atoms with Crippen molar-refractivity contribution in [3.63, 3.8) is 0 Å². The molecule has 0 saturated carbocycles. The molecule has 5 rings (SSSR count). The van der Waals surface area contributed by atoms with Crippen LogP contribution in [0.25, 0.3) is 11.1 Å². The third-order valence-electron chi connectivity index (χ3n) is 8.23. The number of rotatable bonds is 10. The Morgan fingerprint density at radius 2 is 1.60 bits per heavy atom. The van der Waals surface area contributed by atoms with E-state index in [1.54, 1.807) is 41.3 Å². The van der Waals surface area contributed by atoms with Crippen molar-refractivity contribution in [1.82, 2.24) is 9.80 Å². The summed E-state index contributed by atoms with van der Waals surface area (Å²) in [6.07, 6.45) is -0.257. The quantitative estimate of drug-likeness (QED) is 0.243. The van der Waals surface area contributed by atoms with Crippen LogP contribution in [0.5, 0.6) is 5.75 Å². The molecule has 3 atom stereocenters. The average Bonchev–Trinajstić information content (AvgIpc) is 3.09. The SMILES string of the molecule is C[C@@H]1CN([C@H](C)CO)C(=O)Cc2cc(NS(=O)(=O)c3ccccc3)ccc2O[C@H]1CN(C)Cc1ccc(-c2ccccc2)cc1. The van der Waals surface area contributed by atoms with Gasteiger partial charge in [0.1, 0.15) is 11.9 Å². The zero-order valence-corrected chi connectivity index (χ0v) is 26.8. The van der Waals surface area contributed by atoms with Gasteiger partial charge in [0.15, 0.2) is 0 Å². The highest BCUT2D eigenvalue weighted by molar-refractivity contribution is 7.92. The number of fused-ring (bicyclic) bond motifs is 1. The molecule has 0 bridgehead atoms. The summed E-state index contributed by atoms with van der Waals surface area (Å²) in [7, 11) is -1.76. The summed E-state index contributed by atoms with van der Waals surface area (Å²) in [5.74, 6) is 0.346. The van der Waals surface area contributed by atoms with Crippen molar-refractivity contribution in [2.45, 2.75) is 43.9 Å². The summed E-state index contributed by atoms with van der Waals surface area (Å²) >= 11 is 0. The van der Waals surface area contributed by atoms with Crippen LogP contribution in [0, 0.1) is 5.92 Å². The van der Waals surface area contributed by atoms with E-state index >= 15 is 0 Å². The number of anilines is 1. The average molecular weight is 628 g/mol. The van der Waals surface area contributed by atoms with E-state index in [9.17, 15) is 18.3 Å². The minimum Gasteiger partial charge on any atom is -0.488 e. The maximum atomic E-state index is 13.6. The predicted molar refractivity (Wildman–Crippen MR) is 177 cm³/mol. The van der Waals surface area contributed by atoms with Gasteiger partial charge >= 0.3 is 0 Å². The summed E-state index contributed by atoms with van der Waals surface area (Å²) < 4.78 is 35.3. The van der Waals surface area contributed by atoms with Crippen LogP contribution in [-0.2, 0) is 27.8 Å². The Balaban J connectivity index is 1.37. The van der Waals surface area contributed by atoms with Crippen LogP contribution in [0.15, 0.2) is 108 Å². The fourth-order valence-electron chi connectivity index (χ4n) is 5.64. The third-order valence-corrected chi connectivity index (χ3v) is 9.62. The van der Waals surface area contributed by atoms with E-state index in [0.717, 1.165) is 0 Å². The van der Waals surface area contributed by atoms with Gasteiger partial charge in [-0.2, -0.15) is 0 Å². The number of likely N-dealkylation sites (N-methyl/N-ethyl adjacent to an activating group) is 1. The smallest absolute Gasteiger partial charge is 0.261 e. The molecule has 45 heavy (non-hydrogen) atoms. The summed E-state index contributed by atoms with van der Waals surface area (Å²) in [4.78, 5) is 17.6. The van der Waals surface area contributed by atoms with Crippen LogP contribution in [0.3, 0.4) is 0 Å². The molecule has 0 spiro atoms. The molecule has 0 fully saturated rings. The number of hydrogen-bond acceptors (Lipinski definition) is 6. The maximum Gasteiger partial charge on any atom is 0.261 e. The van der Waals surface area contributed by atoms with Crippen molar-refractivity contribution in [3.05, 3.63) is 114 Å². The first kappa shape index (κ1) is 32.2. The van der Waals surface area contributed by atoms with Gasteiger partial charge in [-0.05, 0) is 61.0 Å². The fourth-order valence-corrected chi connectivity index (χ4v) is 6.71. The van der Waals surface area contributed by atoms with E-state index in [-0.39, 0.29) is 41.9 Å². The van der Waals surface area contributed by atoms with Gasteiger partial charge in [-0.25, -0.2) is 8.42 Å². The predicted octanol–water partition coefficient (Wildman–Crippen LogP) is 5.44. The lowest BCUT2D eigenvalue weighted by Gasteiger charge is -2.34. The Bertz CT molecular complexity index is 1680. The Morgan fingerprint density at radius 3 is 2.27 bits per heavy atom. The molecular weight excluding hydrogens is 586 g/mol. The largest absolute Gasteiger partial charge is 0.488 e. The van der Waals surface area contributed by atoms with E-state index < -0.39 is 10.0 Å². The molecule has 0 radical (unpaired) electrons. The lowest BCUT2D eigenvalue weighted by molar-refractivity contribution is -0.134. The number of sulfonamides is 1. The van der Waals surface area contributed by atoms with E-state index in [1.165, 1.54) is 28.8 Å². The molecular formula is C36H41N3O5S. The number of carbonyl (C=O) groups excluding carboxylic acids is 1. The highest BCUT2D eigenvalue weighted by Crippen LogP contribution is 2.30. The van der Waals surface area contributed by atoms with Gasteiger partial charge in [0.25, 0.3) is 10.0 Å². The summed E-state index contributed by atoms with van der Waals surface area (Å²) in [6.45, 7) is 5.46. The van der Waals surface area contributed by atoms with E-state index in [1.807, 2.05) is 25.1 Å². The maximum absolute atomic E-state index is 13.6. The first-order valence-corrected chi connectivity index (χ1v) is 16.7. The third kappa shape index (κ3) is 8.11.